The first-order valence-corrected chi connectivity index (χ1v) is 6.12. The lowest BCUT2D eigenvalue weighted by Gasteiger charge is -2.16. The Morgan fingerprint density at radius 1 is 1.35 bits per heavy atom. The lowest BCUT2D eigenvalue weighted by molar-refractivity contribution is 0.455. The van der Waals surface area contributed by atoms with Crippen LogP contribution in [-0.2, 0) is 10.0 Å². The van der Waals surface area contributed by atoms with Gasteiger partial charge in [0.25, 0.3) is 0 Å². The van der Waals surface area contributed by atoms with E-state index in [1.54, 1.807) is 6.07 Å². The number of halogens is 2. The number of hydrogen-bond acceptors (Lipinski definition) is 3. The predicted molar refractivity (Wildman–Crippen MR) is 56.4 cm³/mol. The number of sulfonamides is 1. The fourth-order valence-electron chi connectivity index (χ4n) is 1.21. The summed E-state index contributed by atoms with van der Waals surface area (Å²) in [5, 5.41) is 8.34. The molecule has 0 amide bonds. The van der Waals surface area contributed by atoms with Gasteiger partial charge in [0.05, 0.1) is 6.07 Å². The summed E-state index contributed by atoms with van der Waals surface area (Å²) in [7, 11) is -3.08. The zero-order valence-corrected chi connectivity index (χ0v) is 9.84. The molecule has 7 heteroatoms. The fourth-order valence-corrected chi connectivity index (χ4v) is 2.48. The van der Waals surface area contributed by atoms with Crippen LogP contribution in [0.2, 0.25) is 0 Å². The van der Waals surface area contributed by atoms with Gasteiger partial charge in [-0.1, -0.05) is 6.07 Å². The molecule has 0 radical (unpaired) electrons. The van der Waals surface area contributed by atoms with Gasteiger partial charge in [-0.2, -0.15) is 9.57 Å². The Balaban J connectivity index is 3.19. The third-order valence-electron chi connectivity index (χ3n) is 2.13. The third kappa shape index (κ3) is 2.78. The van der Waals surface area contributed by atoms with Gasteiger partial charge in [-0.05, 0) is 12.1 Å². The molecule has 0 aliphatic carbocycles. The van der Waals surface area contributed by atoms with Gasteiger partial charge >= 0.3 is 0 Å². The summed E-state index contributed by atoms with van der Waals surface area (Å²) in [4.78, 5) is -0.986. The van der Waals surface area contributed by atoms with Crippen LogP contribution in [0.4, 0.5) is 8.78 Å². The van der Waals surface area contributed by atoms with Crippen LogP contribution in [0.5, 0.6) is 0 Å². The lowest BCUT2D eigenvalue weighted by atomic mass is 10.3. The van der Waals surface area contributed by atoms with Gasteiger partial charge < -0.3 is 0 Å². The molecule has 0 unspecified atom stereocenters. The van der Waals surface area contributed by atoms with E-state index in [1.165, 1.54) is 7.05 Å². The molecule has 0 bridgehead atoms. The van der Waals surface area contributed by atoms with E-state index in [9.17, 15) is 17.2 Å². The Labute approximate surface area is 98.1 Å². The van der Waals surface area contributed by atoms with E-state index in [0.717, 1.165) is 22.5 Å². The molecule has 0 saturated heterocycles. The number of rotatable bonds is 4. The zero-order valence-electron chi connectivity index (χ0n) is 9.02. The van der Waals surface area contributed by atoms with Crippen LogP contribution in [0.25, 0.3) is 0 Å². The molecule has 0 spiro atoms. The molecule has 1 aromatic carbocycles. The van der Waals surface area contributed by atoms with Crippen LogP contribution in [-0.4, -0.2) is 26.3 Å². The first kappa shape index (κ1) is 13.5. The highest BCUT2D eigenvalue weighted by molar-refractivity contribution is 7.89. The number of benzene rings is 1. The van der Waals surface area contributed by atoms with Crippen LogP contribution in [0.1, 0.15) is 6.42 Å². The summed E-state index contributed by atoms with van der Waals surface area (Å²) < 4.78 is 51.0. The first-order chi connectivity index (χ1) is 7.91. The van der Waals surface area contributed by atoms with Crippen LogP contribution >= 0.6 is 0 Å². The molecule has 0 aliphatic rings. The van der Waals surface area contributed by atoms with Gasteiger partial charge in [0.15, 0.2) is 4.90 Å². The number of hydrogen-bond donors (Lipinski definition) is 0. The van der Waals surface area contributed by atoms with Crippen molar-refractivity contribution in [1.82, 2.24) is 4.31 Å². The highest BCUT2D eigenvalue weighted by Crippen LogP contribution is 2.21. The standard InChI is InChI=1S/C10H10F2N2O2S/c1-14(7-3-6-13)17(15,16)10-8(11)4-2-5-9(10)12/h2,4-5H,3,7H2,1H3. The molecular formula is C10H10F2N2O2S. The predicted octanol–water partition coefficient (Wildman–Crippen LogP) is 1.50. The highest BCUT2D eigenvalue weighted by Gasteiger charge is 2.27. The summed E-state index contributed by atoms with van der Waals surface area (Å²) in [5.41, 5.74) is 0. The van der Waals surface area contributed by atoms with Crippen molar-refractivity contribution in [3.63, 3.8) is 0 Å². The summed E-state index contributed by atoms with van der Waals surface area (Å²) in [6, 6.07) is 4.58. The van der Waals surface area contributed by atoms with Crippen LogP contribution in [0, 0.1) is 23.0 Å². The molecule has 92 valence electrons. The minimum atomic E-state index is -4.24. The molecule has 0 N–H and O–H groups in total. The van der Waals surface area contributed by atoms with Crippen LogP contribution in [0.15, 0.2) is 23.1 Å². The topological polar surface area (TPSA) is 61.2 Å². The molecule has 0 fully saturated rings. The Bertz CT molecular complexity index is 532. The molecule has 17 heavy (non-hydrogen) atoms. The van der Waals surface area contributed by atoms with Gasteiger partial charge in [0.1, 0.15) is 11.6 Å². The largest absolute Gasteiger partial charge is 0.248 e. The van der Waals surface area contributed by atoms with Crippen molar-refractivity contribution >= 4 is 10.0 Å². The average molecular weight is 260 g/mol. The molecule has 1 aromatic rings. The second-order valence-corrected chi connectivity index (χ2v) is 5.27. The molecule has 4 nitrogen and oxygen atoms in total. The van der Waals surface area contributed by atoms with E-state index in [2.05, 4.69) is 0 Å². The minimum absolute atomic E-state index is 0.0498. The molecular weight excluding hydrogens is 250 g/mol. The van der Waals surface area contributed by atoms with Crippen molar-refractivity contribution in [2.24, 2.45) is 0 Å². The van der Waals surface area contributed by atoms with Gasteiger partial charge in [0.2, 0.25) is 10.0 Å². The fraction of sp³-hybridized carbons (Fsp3) is 0.300. The monoisotopic (exact) mass is 260 g/mol. The Hall–Kier alpha value is -1.52. The Morgan fingerprint density at radius 3 is 2.35 bits per heavy atom. The van der Waals surface area contributed by atoms with Crippen molar-refractivity contribution < 1.29 is 17.2 Å². The van der Waals surface area contributed by atoms with Crippen LogP contribution in [0.3, 0.4) is 0 Å². The Morgan fingerprint density at radius 2 is 1.88 bits per heavy atom. The normalized spacial score (nSPS) is 11.5. The average Bonchev–Trinajstić information content (AvgIpc) is 2.25. The van der Waals surface area contributed by atoms with E-state index in [1.807, 2.05) is 0 Å². The molecule has 0 heterocycles. The zero-order chi connectivity index (χ0) is 13.1. The van der Waals surface area contributed by atoms with E-state index < -0.39 is 26.6 Å². The SMILES string of the molecule is CN(CCC#N)S(=O)(=O)c1c(F)cccc1F. The van der Waals surface area contributed by atoms with E-state index in [-0.39, 0.29) is 13.0 Å². The molecule has 0 atom stereocenters. The van der Waals surface area contributed by atoms with E-state index in [0.29, 0.717) is 0 Å². The van der Waals surface area contributed by atoms with Gasteiger partial charge in [-0.3, -0.25) is 0 Å². The summed E-state index contributed by atoms with van der Waals surface area (Å²) >= 11 is 0. The number of nitriles is 1. The summed E-state index contributed by atoms with van der Waals surface area (Å²) in [6.07, 6.45) is -0.0498. The maximum atomic E-state index is 13.3. The van der Waals surface area contributed by atoms with Gasteiger partial charge in [0, 0.05) is 20.0 Å². The molecule has 1 rings (SSSR count). The quantitative estimate of drug-likeness (QED) is 0.824. The second-order valence-electron chi connectivity index (χ2n) is 3.29. The van der Waals surface area contributed by atoms with Crippen molar-refractivity contribution in [3.05, 3.63) is 29.8 Å². The van der Waals surface area contributed by atoms with E-state index >= 15 is 0 Å². The third-order valence-corrected chi connectivity index (χ3v) is 4.03. The second kappa shape index (κ2) is 5.21. The minimum Gasteiger partial charge on any atom is -0.207 e. The molecule has 0 saturated carbocycles. The number of nitrogens with zero attached hydrogens (tertiary/aromatic N) is 2. The van der Waals surface area contributed by atoms with Crippen molar-refractivity contribution in [2.45, 2.75) is 11.3 Å². The van der Waals surface area contributed by atoms with Crippen molar-refractivity contribution in [2.75, 3.05) is 13.6 Å². The van der Waals surface area contributed by atoms with E-state index in [4.69, 9.17) is 5.26 Å². The Kier molecular flexibility index (Phi) is 4.15. The summed E-state index contributed by atoms with van der Waals surface area (Å²) in [6.45, 7) is -0.118. The molecule has 0 aromatic heterocycles. The van der Waals surface area contributed by atoms with Gasteiger partial charge in [-0.25, -0.2) is 17.2 Å². The lowest BCUT2D eigenvalue weighted by Crippen LogP contribution is -2.29. The smallest absolute Gasteiger partial charge is 0.207 e. The van der Waals surface area contributed by atoms with Crippen molar-refractivity contribution in [1.29, 1.82) is 5.26 Å². The molecule has 0 aliphatic heterocycles. The first-order valence-electron chi connectivity index (χ1n) is 4.68. The maximum Gasteiger partial charge on any atom is 0.248 e. The van der Waals surface area contributed by atoms with Gasteiger partial charge in [-0.15, -0.1) is 0 Å². The summed E-state index contributed by atoms with van der Waals surface area (Å²) in [5.74, 6) is -2.29. The highest BCUT2D eigenvalue weighted by atomic mass is 32.2. The maximum absolute atomic E-state index is 13.3. The van der Waals surface area contributed by atoms with Crippen molar-refractivity contribution in [3.8, 4) is 6.07 Å². The van der Waals surface area contributed by atoms with Crippen LogP contribution < -0.4 is 0 Å².